The fourth-order valence-corrected chi connectivity index (χ4v) is 1.79. The van der Waals surface area contributed by atoms with Gasteiger partial charge >= 0.3 is 0 Å². The number of nitrogens with one attached hydrogen (secondary N) is 1. The Morgan fingerprint density at radius 3 is 3.13 bits per heavy atom. The third kappa shape index (κ3) is 2.58. The van der Waals surface area contributed by atoms with Crippen LogP contribution in [0.3, 0.4) is 0 Å². The summed E-state index contributed by atoms with van der Waals surface area (Å²) >= 11 is 1.64. The van der Waals surface area contributed by atoms with Crippen molar-refractivity contribution in [2.24, 2.45) is 0 Å². The predicted octanol–water partition coefficient (Wildman–Crippen LogP) is 2.74. The molecule has 0 radical (unpaired) electrons. The molecule has 1 N–H and O–H groups in total. The molecule has 0 saturated carbocycles. The molecule has 74 valence electrons. The number of nitrogens with zero attached hydrogens (tertiary/aromatic N) is 1. The first-order chi connectivity index (χ1) is 7.38. The molecule has 2 nitrogen and oxygen atoms in total. The molecule has 0 saturated heterocycles. The standard InChI is InChI=1S/C12H10N2S/c1-2-10-4-3-5-11(8-10)14-9-12-13-6-7-15-12/h1,3-8,14H,9H2. The topological polar surface area (TPSA) is 24.9 Å². The molecule has 0 aliphatic heterocycles. The van der Waals surface area contributed by atoms with E-state index < -0.39 is 0 Å². The Labute approximate surface area is 93.0 Å². The van der Waals surface area contributed by atoms with Crippen molar-refractivity contribution in [2.75, 3.05) is 5.32 Å². The van der Waals surface area contributed by atoms with Gasteiger partial charge in [0.25, 0.3) is 0 Å². The summed E-state index contributed by atoms with van der Waals surface area (Å²) in [6.07, 6.45) is 7.13. The second-order valence-electron chi connectivity index (χ2n) is 3.00. The molecule has 2 aromatic rings. The van der Waals surface area contributed by atoms with E-state index in [1.807, 2.05) is 29.6 Å². The zero-order valence-electron chi connectivity index (χ0n) is 8.10. The number of rotatable bonds is 3. The summed E-state index contributed by atoms with van der Waals surface area (Å²) in [4.78, 5) is 4.19. The maximum atomic E-state index is 5.32. The SMILES string of the molecule is C#Cc1cccc(NCc2nccs2)c1. The lowest BCUT2D eigenvalue weighted by Crippen LogP contribution is -1.98. The van der Waals surface area contributed by atoms with Crippen molar-refractivity contribution in [3.05, 3.63) is 46.4 Å². The van der Waals surface area contributed by atoms with Crippen LogP contribution in [0.2, 0.25) is 0 Å². The Hall–Kier alpha value is -1.79. The Bertz CT molecular complexity index is 469. The van der Waals surface area contributed by atoms with Crippen LogP contribution < -0.4 is 5.32 Å². The van der Waals surface area contributed by atoms with E-state index in [0.29, 0.717) is 0 Å². The summed E-state index contributed by atoms with van der Waals surface area (Å²) in [5, 5.41) is 6.31. The van der Waals surface area contributed by atoms with E-state index in [2.05, 4.69) is 16.2 Å². The summed E-state index contributed by atoms with van der Waals surface area (Å²) < 4.78 is 0. The first kappa shape index (κ1) is 9.75. The van der Waals surface area contributed by atoms with Crippen molar-refractivity contribution >= 4 is 17.0 Å². The minimum atomic E-state index is 0.742. The van der Waals surface area contributed by atoms with Crippen LogP contribution in [0.15, 0.2) is 35.8 Å². The monoisotopic (exact) mass is 214 g/mol. The number of hydrogen-bond donors (Lipinski definition) is 1. The maximum Gasteiger partial charge on any atom is 0.112 e. The summed E-state index contributed by atoms with van der Waals surface area (Å²) in [6, 6.07) is 7.80. The van der Waals surface area contributed by atoms with Gasteiger partial charge in [0.05, 0.1) is 6.54 Å². The number of thiazole rings is 1. The van der Waals surface area contributed by atoms with Crippen LogP contribution in [0.5, 0.6) is 0 Å². The number of hydrogen-bond acceptors (Lipinski definition) is 3. The molecule has 0 fully saturated rings. The molecule has 0 spiro atoms. The fourth-order valence-electron chi connectivity index (χ4n) is 1.24. The van der Waals surface area contributed by atoms with E-state index in [1.54, 1.807) is 17.5 Å². The lowest BCUT2D eigenvalue weighted by atomic mass is 10.2. The van der Waals surface area contributed by atoms with Crippen molar-refractivity contribution in [1.82, 2.24) is 4.98 Å². The number of anilines is 1. The van der Waals surface area contributed by atoms with Crippen molar-refractivity contribution < 1.29 is 0 Å². The van der Waals surface area contributed by atoms with Gasteiger partial charge in [-0.05, 0) is 18.2 Å². The predicted molar refractivity (Wildman–Crippen MR) is 63.8 cm³/mol. The summed E-state index contributed by atoms with van der Waals surface area (Å²) in [5.41, 5.74) is 1.92. The van der Waals surface area contributed by atoms with Gasteiger partial charge in [-0.2, -0.15) is 0 Å². The van der Waals surface area contributed by atoms with Crippen LogP contribution in [-0.2, 0) is 6.54 Å². The van der Waals surface area contributed by atoms with Crippen molar-refractivity contribution in [2.45, 2.75) is 6.54 Å². The first-order valence-electron chi connectivity index (χ1n) is 4.57. The van der Waals surface area contributed by atoms with Crippen LogP contribution in [0, 0.1) is 12.3 Å². The lowest BCUT2D eigenvalue weighted by molar-refractivity contribution is 1.10. The molecule has 3 heteroatoms. The fraction of sp³-hybridized carbons (Fsp3) is 0.0833. The van der Waals surface area contributed by atoms with Crippen molar-refractivity contribution in [1.29, 1.82) is 0 Å². The normalized spacial score (nSPS) is 9.53. The summed E-state index contributed by atoms with van der Waals surface area (Å²) in [6.45, 7) is 0.742. The number of terminal acetylenes is 1. The number of aromatic nitrogens is 1. The third-order valence-electron chi connectivity index (χ3n) is 1.96. The molecule has 1 aromatic heterocycles. The van der Waals surface area contributed by atoms with Gasteiger partial charge in [-0.3, -0.25) is 0 Å². The lowest BCUT2D eigenvalue weighted by Gasteiger charge is -2.04. The van der Waals surface area contributed by atoms with Crippen LogP contribution in [0.4, 0.5) is 5.69 Å². The Kier molecular flexibility index (Phi) is 3.01. The second kappa shape index (κ2) is 4.63. The molecule has 1 aromatic carbocycles. The Morgan fingerprint density at radius 2 is 2.40 bits per heavy atom. The molecule has 0 amide bonds. The smallest absolute Gasteiger partial charge is 0.112 e. The highest BCUT2D eigenvalue weighted by Gasteiger charge is 1.96. The van der Waals surface area contributed by atoms with E-state index in [-0.39, 0.29) is 0 Å². The van der Waals surface area contributed by atoms with Gasteiger partial charge in [0.15, 0.2) is 0 Å². The van der Waals surface area contributed by atoms with Gasteiger partial charge in [0.1, 0.15) is 5.01 Å². The molecule has 0 aliphatic rings. The van der Waals surface area contributed by atoms with Crippen molar-refractivity contribution in [3.63, 3.8) is 0 Å². The highest BCUT2D eigenvalue weighted by molar-refractivity contribution is 7.09. The van der Waals surface area contributed by atoms with Crippen molar-refractivity contribution in [3.8, 4) is 12.3 Å². The van der Waals surface area contributed by atoms with Gasteiger partial charge in [0.2, 0.25) is 0 Å². The Morgan fingerprint density at radius 1 is 1.47 bits per heavy atom. The average molecular weight is 214 g/mol. The molecule has 2 rings (SSSR count). The van der Waals surface area contributed by atoms with Gasteiger partial charge in [0, 0.05) is 22.8 Å². The van der Waals surface area contributed by atoms with Gasteiger partial charge in [-0.25, -0.2) is 4.98 Å². The minimum absolute atomic E-state index is 0.742. The highest BCUT2D eigenvalue weighted by Crippen LogP contribution is 2.12. The van der Waals surface area contributed by atoms with E-state index in [0.717, 1.165) is 22.8 Å². The molecular weight excluding hydrogens is 204 g/mol. The van der Waals surface area contributed by atoms with Crippen LogP contribution >= 0.6 is 11.3 Å². The van der Waals surface area contributed by atoms with E-state index in [9.17, 15) is 0 Å². The molecule has 0 atom stereocenters. The van der Waals surface area contributed by atoms with E-state index >= 15 is 0 Å². The van der Waals surface area contributed by atoms with E-state index in [1.165, 1.54) is 0 Å². The molecular formula is C12H10N2S. The quantitative estimate of drug-likeness (QED) is 0.795. The second-order valence-corrected chi connectivity index (χ2v) is 3.98. The highest BCUT2D eigenvalue weighted by atomic mass is 32.1. The summed E-state index contributed by atoms with van der Waals surface area (Å²) in [7, 11) is 0. The van der Waals surface area contributed by atoms with Crippen LogP contribution in [0.25, 0.3) is 0 Å². The van der Waals surface area contributed by atoms with Crippen LogP contribution in [-0.4, -0.2) is 4.98 Å². The molecule has 0 aliphatic carbocycles. The molecule has 0 bridgehead atoms. The molecule has 1 heterocycles. The maximum absolute atomic E-state index is 5.32. The van der Waals surface area contributed by atoms with Crippen LogP contribution in [0.1, 0.15) is 10.6 Å². The van der Waals surface area contributed by atoms with Gasteiger partial charge < -0.3 is 5.32 Å². The zero-order chi connectivity index (χ0) is 10.5. The number of benzene rings is 1. The summed E-state index contributed by atoms with van der Waals surface area (Å²) in [5.74, 6) is 2.61. The van der Waals surface area contributed by atoms with E-state index in [4.69, 9.17) is 6.42 Å². The Balaban J connectivity index is 2.02. The zero-order valence-corrected chi connectivity index (χ0v) is 8.92. The van der Waals surface area contributed by atoms with Gasteiger partial charge in [-0.15, -0.1) is 17.8 Å². The van der Waals surface area contributed by atoms with Gasteiger partial charge in [-0.1, -0.05) is 12.0 Å². The first-order valence-corrected chi connectivity index (χ1v) is 5.45. The molecule has 0 unspecified atom stereocenters. The average Bonchev–Trinajstić information content (AvgIpc) is 2.79. The largest absolute Gasteiger partial charge is 0.378 e. The third-order valence-corrected chi connectivity index (χ3v) is 2.74. The minimum Gasteiger partial charge on any atom is -0.378 e. The molecule has 15 heavy (non-hydrogen) atoms.